The number of carbonyl (C=O) groups excluding carboxylic acids is 1. The molecule has 5 heteroatoms. The van der Waals surface area contributed by atoms with Crippen molar-refractivity contribution in [2.75, 3.05) is 6.54 Å². The van der Waals surface area contributed by atoms with Crippen LogP contribution in [0.25, 0.3) is 0 Å². The summed E-state index contributed by atoms with van der Waals surface area (Å²) in [5, 5.41) is 7.15. The zero-order chi connectivity index (χ0) is 16.8. The molecular weight excluding hydrogens is 320 g/mol. The largest absolute Gasteiger partial charge is 0.463 e. The van der Waals surface area contributed by atoms with E-state index in [1.54, 1.807) is 17.6 Å². The van der Waals surface area contributed by atoms with Crippen LogP contribution in [0.3, 0.4) is 0 Å². The van der Waals surface area contributed by atoms with Gasteiger partial charge in [-0.1, -0.05) is 36.4 Å². The number of furan rings is 1. The first-order chi connectivity index (χ1) is 11.7. The van der Waals surface area contributed by atoms with E-state index in [1.807, 2.05) is 66.2 Å². The highest BCUT2D eigenvalue weighted by Crippen LogP contribution is 2.25. The predicted molar refractivity (Wildman–Crippen MR) is 94.7 cm³/mol. The summed E-state index contributed by atoms with van der Waals surface area (Å²) in [5.74, 6) is 0.885. The Bertz CT molecular complexity index is 739. The summed E-state index contributed by atoms with van der Waals surface area (Å²) in [4.78, 5) is 13.6. The maximum Gasteiger partial charge on any atom is 0.275 e. The van der Waals surface area contributed by atoms with Crippen LogP contribution in [0, 0.1) is 0 Å². The second-order valence-electron chi connectivity index (χ2n) is 5.67. The van der Waals surface area contributed by atoms with Crippen molar-refractivity contribution in [3.8, 4) is 0 Å². The molecule has 3 aromatic rings. The third-order valence-electron chi connectivity index (χ3n) is 3.91. The van der Waals surface area contributed by atoms with E-state index < -0.39 is 0 Å². The van der Waals surface area contributed by atoms with Crippen LogP contribution in [0.15, 0.2) is 70.7 Å². The van der Waals surface area contributed by atoms with Gasteiger partial charge in [-0.2, -0.15) is 0 Å². The second-order valence-corrected chi connectivity index (χ2v) is 6.65. The fourth-order valence-electron chi connectivity index (χ4n) is 2.59. The van der Waals surface area contributed by atoms with Gasteiger partial charge in [0, 0.05) is 4.88 Å². The van der Waals surface area contributed by atoms with Gasteiger partial charge in [-0.3, -0.25) is 4.79 Å². The van der Waals surface area contributed by atoms with Gasteiger partial charge >= 0.3 is 0 Å². The normalized spacial score (nSPS) is 13.4. The van der Waals surface area contributed by atoms with E-state index >= 15 is 0 Å². The van der Waals surface area contributed by atoms with Crippen molar-refractivity contribution in [2.24, 2.45) is 0 Å². The molecule has 1 amide bonds. The van der Waals surface area contributed by atoms with Crippen molar-refractivity contribution in [2.45, 2.75) is 19.0 Å². The molecule has 2 atom stereocenters. The Kier molecular flexibility index (Phi) is 5.46. The molecular formula is C19H21N2O2S+. The highest BCUT2D eigenvalue weighted by molar-refractivity contribution is 7.10. The standard InChI is InChI=1S/C19H20N2O2S/c1-14(16-9-5-11-23-16)20-13-18(22)21-19(17-10-6-12-24-17)15-7-3-2-4-8-15/h2-12,14,19-20H,13H2,1H3,(H,21,22)/p+1/t14-,19-/m0/s1. The van der Waals surface area contributed by atoms with Crippen LogP contribution in [0.4, 0.5) is 0 Å². The molecule has 124 valence electrons. The predicted octanol–water partition coefficient (Wildman–Crippen LogP) is 2.87. The Hall–Kier alpha value is -2.37. The Morgan fingerprint density at radius 1 is 1.17 bits per heavy atom. The van der Waals surface area contributed by atoms with Crippen LogP contribution >= 0.6 is 11.3 Å². The fourth-order valence-corrected chi connectivity index (χ4v) is 3.39. The summed E-state index contributed by atoms with van der Waals surface area (Å²) >= 11 is 1.65. The average molecular weight is 341 g/mol. The van der Waals surface area contributed by atoms with E-state index in [0.29, 0.717) is 6.54 Å². The molecule has 0 fully saturated rings. The van der Waals surface area contributed by atoms with Gasteiger partial charge in [-0.05, 0) is 36.1 Å². The summed E-state index contributed by atoms with van der Waals surface area (Å²) in [7, 11) is 0. The molecule has 1 aromatic carbocycles. The first-order valence-corrected chi connectivity index (χ1v) is 8.86. The molecule has 0 aliphatic rings. The van der Waals surface area contributed by atoms with E-state index in [2.05, 4.69) is 11.4 Å². The van der Waals surface area contributed by atoms with Gasteiger partial charge in [0.05, 0.1) is 12.3 Å². The van der Waals surface area contributed by atoms with E-state index in [0.717, 1.165) is 16.2 Å². The third-order valence-corrected chi connectivity index (χ3v) is 4.85. The summed E-state index contributed by atoms with van der Waals surface area (Å²) < 4.78 is 5.38. The van der Waals surface area contributed by atoms with Crippen LogP contribution in [0.1, 0.15) is 35.2 Å². The smallest absolute Gasteiger partial charge is 0.275 e. The van der Waals surface area contributed by atoms with Crippen molar-refractivity contribution in [3.05, 3.63) is 82.4 Å². The monoisotopic (exact) mass is 341 g/mol. The van der Waals surface area contributed by atoms with Crippen molar-refractivity contribution in [3.63, 3.8) is 0 Å². The van der Waals surface area contributed by atoms with E-state index in [9.17, 15) is 4.79 Å². The summed E-state index contributed by atoms with van der Waals surface area (Å²) in [6, 6.07) is 17.9. The molecule has 0 radical (unpaired) electrons. The number of hydrogen-bond donors (Lipinski definition) is 2. The third kappa shape index (κ3) is 4.13. The lowest BCUT2D eigenvalue weighted by Crippen LogP contribution is -2.87. The zero-order valence-corrected chi connectivity index (χ0v) is 14.3. The lowest BCUT2D eigenvalue weighted by molar-refractivity contribution is -0.684. The van der Waals surface area contributed by atoms with Gasteiger partial charge in [0.1, 0.15) is 6.04 Å². The fraction of sp³-hybridized carbons (Fsp3) is 0.211. The summed E-state index contributed by atoms with van der Waals surface area (Å²) in [6.07, 6.45) is 1.65. The van der Waals surface area contributed by atoms with Gasteiger partial charge in [-0.15, -0.1) is 11.3 Å². The van der Waals surface area contributed by atoms with Crippen molar-refractivity contribution < 1.29 is 14.5 Å². The zero-order valence-electron chi connectivity index (χ0n) is 13.5. The maximum atomic E-state index is 12.4. The minimum absolute atomic E-state index is 0.00987. The quantitative estimate of drug-likeness (QED) is 0.694. The first-order valence-electron chi connectivity index (χ1n) is 7.98. The highest BCUT2D eigenvalue weighted by atomic mass is 32.1. The number of thiophene rings is 1. The number of benzene rings is 1. The molecule has 3 rings (SSSR count). The maximum absolute atomic E-state index is 12.4. The van der Waals surface area contributed by atoms with Crippen LogP contribution in [-0.4, -0.2) is 12.5 Å². The van der Waals surface area contributed by atoms with Crippen LogP contribution in [0.5, 0.6) is 0 Å². The molecule has 0 spiro atoms. The van der Waals surface area contributed by atoms with Gasteiger partial charge < -0.3 is 15.1 Å². The van der Waals surface area contributed by atoms with E-state index in [4.69, 9.17) is 4.42 Å². The van der Waals surface area contributed by atoms with Crippen LogP contribution in [0.2, 0.25) is 0 Å². The molecule has 2 heterocycles. The summed E-state index contributed by atoms with van der Waals surface area (Å²) in [6.45, 7) is 2.39. The summed E-state index contributed by atoms with van der Waals surface area (Å²) in [5.41, 5.74) is 1.09. The highest BCUT2D eigenvalue weighted by Gasteiger charge is 2.20. The molecule has 0 saturated heterocycles. The number of quaternary nitrogens is 1. The van der Waals surface area contributed by atoms with Crippen molar-refractivity contribution >= 4 is 17.2 Å². The van der Waals surface area contributed by atoms with Crippen molar-refractivity contribution in [1.29, 1.82) is 0 Å². The Labute approximate surface area is 145 Å². The number of nitrogens with two attached hydrogens (primary N) is 1. The van der Waals surface area contributed by atoms with E-state index in [-0.39, 0.29) is 18.0 Å². The molecule has 0 saturated carbocycles. The number of hydrogen-bond acceptors (Lipinski definition) is 3. The first kappa shape index (κ1) is 16.5. The molecule has 0 aliphatic carbocycles. The van der Waals surface area contributed by atoms with Gasteiger partial charge in [0.15, 0.2) is 12.3 Å². The second kappa shape index (κ2) is 7.95. The number of amides is 1. The molecule has 0 bridgehead atoms. The molecule has 2 aromatic heterocycles. The molecule has 4 nitrogen and oxygen atoms in total. The van der Waals surface area contributed by atoms with Gasteiger partial charge in [0.25, 0.3) is 5.91 Å². The van der Waals surface area contributed by atoms with E-state index in [1.165, 1.54) is 0 Å². The number of rotatable bonds is 7. The molecule has 24 heavy (non-hydrogen) atoms. The van der Waals surface area contributed by atoms with Crippen LogP contribution in [-0.2, 0) is 4.79 Å². The Morgan fingerprint density at radius 2 is 2.00 bits per heavy atom. The van der Waals surface area contributed by atoms with Gasteiger partial charge in [0.2, 0.25) is 0 Å². The van der Waals surface area contributed by atoms with Gasteiger partial charge in [-0.25, -0.2) is 0 Å². The Morgan fingerprint density at radius 3 is 2.67 bits per heavy atom. The molecule has 0 aliphatic heterocycles. The lowest BCUT2D eigenvalue weighted by atomic mass is 10.1. The lowest BCUT2D eigenvalue weighted by Gasteiger charge is -2.18. The molecule has 0 unspecified atom stereocenters. The van der Waals surface area contributed by atoms with Crippen LogP contribution < -0.4 is 10.6 Å². The minimum atomic E-state index is -0.106. The topological polar surface area (TPSA) is 58.9 Å². The molecule has 3 N–H and O–H groups in total. The SMILES string of the molecule is C[C@H]([NH2+]CC(=O)N[C@@H](c1ccccc1)c1cccs1)c1ccco1. The number of carbonyl (C=O) groups is 1. The Balaban J connectivity index is 1.63. The number of nitrogens with one attached hydrogen (secondary N) is 1. The van der Waals surface area contributed by atoms with Crippen molar-refractivity contribution in [1.82, 2.24) is 5.32 Å². The average Bonchev–Trinajstić information content (AvgIpc) is 3.31. The minimum Gasteiger partial charge on any atom is -0.463 e.